The van der Waals surface area contributed by atoms with Gasteiger partial charge in [0.2, 0.25) is 17.7 Å². The van der Waals surface area contributed by atoms with Crippen LogP contribution >= 0.6 is 0 Å². The van der Waals surface area contributed by atoms with E-state index in [4.69, 9.17) is 0 Å². The van der Waals surface area contributed by atoms with Crippen LogP contribution in [0.1, 0.15) is 67.9 Å². The minimum Gasteiger partial charge on any atom is -0.343 e. The molecule has 11 nitrogen and oxygen atoms in total. The highest BCUT2D eigenvalue weighted by Gasteiger charge is 2.51. The van der Waals surface area contributed by atoms with Crippen LogP contribution in [0.4, 0.5) is 23.2 Å². The van der Waals surface area contributed by atoms with Crippen molar-refractivity contribution in [3.8, 4) is 0 Å². The molecule has 0 spiro atoms. The van der Waals surface area contributed by atoms with Gasteiger partial charge < -0.3 is 25.8 Å². The standard InChI is InChI=1S/C33H43F4N7O4/c1-4-25(45)40-29(32(48)43-16-14-42(3)15-17-43)27(33(35,36)37)21-10-11-23(22(34)18-21)39-31(47)28(26(19-6-7-19)20-8-9-20)41-30(46)24-12-13-38-44(24)5-2/h10-13,18-20,26-29H,4-9,14-17H2,1-3H3,(H,39,47)(H,40,45)(H,41,46)/t27?,28-,29?/m0/s1. The van der Waals surface area contributed by atoms with Crippen molar-refractivity contribution < 1.29 is 36.7 Å². The first-order valence-corrected chi connectivity index (χ1v) is 16.6. The van der Waals surface area contributed by atoms with Gasteiger partial charge in [0.1, 0.15) is 29.5 Å². The van der Waals surface area contributed by atoms with Crippen LogP contribution in [-0.4, -0.2) is 94.7 Å². The molecule has 0 bridgehead atoms. The first kappa shape index (κ1) is 35.3. The van der Waals surface area contributed by atoms with Crippen molar-refractivity contribution in [1.29, 1.82) is 0 Å². The average Bonchev–Trinajstić information content (AvgIpc) is 4.00. The van der Waals surface area contributed by atoms with Crippen LogP contribution in [0.2, 0.25) is 0 Å². The maximum absolute atomic E-state index is 15.7. The Kier molecular flexibility index (Phi) is 10.8. The number of likely N-dealkylation sites (N-methyl/N-ethyl adjacent to an activating group) is 1. The normalized spacial score (nSPS) is 19.0. The second kappa shape index (κ2) is 14.6. The molecular formula is C33H43F4N7O4. The largest absolute Gasteiger partial charge is 0.398 e. The van der Waals surface area contributed by atoms with Gasteiger partial charge in [-0.25, -0.2) is 4.39 Å². The van der Waals surface area contributed by atoms with E-state index in [1.165, 1.54) is 28.8 Å². The molecule has 1 aromatic carbocycles. The lowest BCUT2D eigenvalue weighted by Gasteiger charge is -2.37. The number of carbonyl (C=O) groups excluding carboxylic acids is 4. The zero-order valence-corrected chi connectivity index (χ0v) is 27.4. The van der Waals surface area contributed by atoms with Crippen LogP contribution in [0, 0.1) is 23.6 Å². The van der Waals surface area contributed by atoms with E-state index in [0.717, 1.165) is 37.8 Å². The van der Waals surface area contributed by atoms with Gasteiger partial charge in [-0.1, -0.05) is 13.0 Å². The highest BCUT2D eigenvalue weighted by atomic mass is 19.4. The Bertz CT molecular complexity index is 1490. The number of aromatic nitrogens is 2. The molecule has 3 aliphatic rings. The monoisotopic (exact) mass is 677 g/mol. The third kappa shape index (κ3) is 8.16. The summed E-state index contributed by atoms with van der Waals surface area (Å²) in [5.41, 5.74) is -0.675. The lowest BCUT2D eigenvalue weighted by Crippen LogP contribution is -2.57. The summed E-state index contributed by atoms with van der Waals surface area (Å²) in [6, 6.07) is 1.18. The molecule has 4 amide bonds. The minimum absolute atomic E-state index is 0.155. The maximum atomic E-state index is 15.7. The quantitative estimate of drug-likeness (QED) is 0.279. The Hall–Kier alpha value is -4.01. The SMILES string of the molecule is CCC(=O)NC(C(=O)N1CCN(C)CC1)C(c1ccc(NC(=O)[C@@H](NC(=O)c2ccnn2CC)C(C2CC2)C2CC2)c(F)c1)C(F)(F)F. The van der Waals surface area contributed by atoms with Crippen molar-refractivity contribution in [3.63, 3.8) is 0 Å². The number of hydrogen-bond donors (Lipinski definition) is 3. The number of amides is 4. The molecule has 1 saturated heterocycles. The van der Waals surface area contributed by atoms with E-state index in [2.05, 4.69) is 21.0 Å². The lowest BCUT2D eigenvalue weighted by atomic mass is 9.88. The van der Waals surface area contributed by atoms with E-state index in [9.17, 15) is 32.3 Å². The van der Waals surface area contributed by atoms with Gasteiger partial charge in [-0.05, 0) is 81.2 Å². The summed E-state index contributed by atoms with van der Waals surface area (Å²) < 4.78 is 61.3. The van der Waals surface area contributed by atoms with Gasteiger partial charge in [0.25, 0.3) is 5.91 Å². The molecule has 2 heterocycles. The topological polar surface area (TPSA) is 129 Å². The molecule has 1 aliphatic heterocycles. The van der Waals surface area contributed by atoms with E-state index in [1.807, 2.05) is 18.9 Å². The number of hydrogen-bond acceptors (Lipinski definition) is 6. The minimum atomic E-state index is -5.03. The Balaban J connectivity index is 1.41. The number of benzene rings is 1. The molecule has 2 aliphatic carbocycles. The summed E-state index contributed by atoms with van der Waals surface area (Å²) in [4.78, 5) is 56.1. The maximum Gasteiger partial charge on any atom is 0.398 e. The zero-order chi connectivity index (χ0) is 34.7. The summed E-state index contributed by atoms with van der Waals surface area (Å²) in [5, 5.41) is 11.7. The van der Waals surface area contributed by atoms with Crippen LogP contribution in [0.25, 0.3) is 0 Å². The molecular weight excluding hydrogens is 634 g/mol. The van der Waals surface area contributed by atoms with Gasteiger partial charge >= 0.3 is 6.18 Å². The van der Waals surface area contributed by atoms with Crippen molar-refractivity contribution in [3.05, 3.63) is 47.5 Å². The van der Waals surface area contributed by atoms with Crippen LogP contribution in [-0.2, 0) is 20.9 Å². The number of nitrogens with one attached hydrogen (secondary N) is 3. The molecule has 2 aromatic rings. The van der Waals surface area contributed by atoms with Crippen molar-refractivity contribution >= 4 is 29.3 Å². The van der Waals surface area contributed by atoms with Crippen LogP contribution in [0.15, 0.2) is 30.5 Å². The molecule has 15 heteroatoms. The Morgan fingerprint density at radius 1 is 0.938 bits per heavy atom. The molecule has 262 valence electrons. The highest BCUT2D eigenvalue weighted by Crippen LogP contribution is 2.51. The van der Waals surface area contributed by atoms with Crippen molar-refractivity contribution in [2.75, 3.05) is 38.5 Å². The number of carbonyl (C=O) groups is 4. The van der Waals surface area contributed by atoms with Crippen molar-refractivity contribution in [2.24, 2.45) is 17.8 Å². The summed E-state index contributed by atoms with van der Waals surface area (Å²) in [5.74, 6) is -6.27. The van der Waals surface area contributed by atoms with Crippen LogP contribution in [0.5, 0.6) is 0 Å². The second-order valence-corrected chi connectivity index (χ2v) is 13.0. The van der Waals surface area contributed by atoms with Gasteiger partial charge in [-0.2, -0.15) is 18.3 Å². The van der Waals surface area contributed by atoms with Crippen molar-refractivity contribution in [1.82, 2.24) is 30.2 Å². The average molecular weight is 678 g/mol. The van der Waals surface area contributed by atoms with Crippen LogP contribution in [0.3, 0.4) is 0 Å². The molecule has 48 heavy (non-hydrogen) atoms. The Morgan fingerprint density at radius 3 is 2.12 bits per heavy atom. The van der Waals surface area contributed by atoms with E-state index >= 15 is 4.39 Å². The number of aryl methyl sites for hydroxylation is 1. The summed E-state index contributed by atoms with van der Waals surface area (Å²) in [7, 11) is 1.83. The third-order valence-corrected chi connectivity index (χ3v) is 9.55. The third-order valence-electron chi connectivity index (χ3n) is 9.55. The fraction of sp³-hybridized carbons (Fsp3) is 0.606. The molecule has 0 radical (unpaired) electrons. The first-order chi connectivity index (χ1) is 22.8. The number of halogens is 4. The molecule has 3 atom stereocenters. The van der Waals surface area contributed by atoms with Gasteiger partial charge in [-0.3, -0.25) is 23.9 Å². The smallest absolute Gasteiger partial charge is 0.343 e. The predicted octanol–water partition coefficient (Wildman–Crippen LogP) is 3.53. The molecule has 1 aromatic heterocycles. The van der Waals surface area contributed by atoms with Gasteiger partial charge in [-0.15, -0.1) is 0 Å². The number of rotatable bonds is 13. The highest BCUT2D eigenvalue weighted by molar-refractivity contribution is 6.01. The summed E-state index contributed by atoms with van der Waals surface area (Å²) >= 11 is 0. The molecule has 2 unspecified atom stereocenters. The molecule has 3 fully saturated rings. The molecule has 5 rings (SSSR count). The van der Waals surface area contributed by atoms with E-state index in [-0.39, 0.29) is 48.6 Å². The zero-order valence-electron chi connectivity index (χ0n) is 27.4. The molecule has 2 saturated carbocycles. The number of anilines is 1. The fourth-order valence-corrected chi connectivity index (χ4v) is 6.61. The molecule has 3 N–H and O–H groups in total. The van der Waals surface area contributed by atoms with Gasteiger partial charge in [0.05, 0.1) is 5.69 Å². The second-order valence-electron chi connectivity index (χ2n) is 13.0. The fourth-order valence-electron chi connectivity index (χ4n) is 6.61. The Labute approximate surface area is 276 Å². The van der Waals surface area contributed by atoms with E-state index in [1.54, 1.807) is 0 Å². The first-order valence-electron chi connectivity index (χ1n) is 16.6. The number of alkyl halides is 3. The number of piperazine rings is 1. The lowest BCUT2D eigenvalue weighted by molar-refractivity contribution is -0.168. The summed E-state index contributed by atoms with van der Waals surface area (Å²) in [6.45, 7) is 4.97. The Morgan fingerprint density at radius 2 is 1.58 bits per heavy atom. The number of nitrogens with zero attached hydrogens (tertiary/aromatic N) is 4. The van der Waals surface area contributed by atoms with E-state index < -0.39 is 59.2 Å². The van der Waals surface area contributed by atoms with Gasteiger partial charge in [0, 0.05) is 45.3 Å². The van der Waals surface area contributed by atoms with Gasteiger partial charge in [0.15, 0.2) is 0 Å². The van der Waals surface area contributed by atoms with Crippen molar-refractivity contribution in [2.45, 2.75) is 76.7 Å². The van der Waals surface area contributed by atoms with E-state index in [0.29, 0.717) is 25.7 Å². The predicted molar refractivity (Wildman–Crippen MR) is 168 cm³/mol. The van der Waals surface area contributed by atoms with Crippen LogP contribution < -0.4 is 16.0 Å². The summed E-state index contributed by atoms with van der Waals surface area (Å²) in [6.07, 6.45) is -0.105.